The summed E-state index contributed by atoms with van der Waals surface area (Å²) in [5, 5.41) is 2.90. The zero-order valence-corrected chi connectivity index (χ0v) is 15.0. The fourth-order valence-electron chi connectivity index (χ4n) is 2.93. The quantitative estimate of drug-likeness (QED) is 0.277. The highest BCUT2D eigenvalue weighted by Gasteiger charge is 2.65. The number of carbonyl (C=O) groups excluding carboxylic acids is 3. The van der Waals surface area contributed by atoms with Crippen LogP contribution in [0.1, 0.15) is 27.2 Å². The summed E-state index contributed by atoms with van der Waals surface area (Å²) in [6.07, 6.45) is 0.881. The van der Waals surface area contributed by atoms with E-state index in [9.17, 15) is 14.4 Å². The topological polar surface area (TPSA) is 100 Å². The molecule has 2 atom stereocenters. The number of carbonyl (C=O) groups is 3. The Balaban J connectivity index is 3.41. The first kappa shape index (κ1) is 21.1. The first-order chi connectivity index (χ1) is 12.0. The van der Waals surface area contributed by atoms with E-state index in [0.29, 0.717) is 13.0 Å². The van der Waals surface area contributed by atoms with Crippen molar-refractivity contribution in [2.24, 2.45) is 5.41 Å². The molecule has 1 rings (SSSR count). The summed E-state index contributed by atoms with van der Waals surface area (Å²) >= 11 is 0. The van der Waals surface area contributed by atoms with Crippen molar-refractivity contribution in [2.75, 3.05) is 33.0 Å². The van der Waals surface area contributed by atoms with E-state index < -0.39 is 35.5 Å². The van der Waals surface area contributed by atoms with Crippen molar-refractivity contribution in [3.63, 3.8) is 0 Å². The molecule has 142 valence electrons. The van der Waals surface area contributed by atoms with Gasteiger partial charge in [-0.05, 0) is 33.7 Å². The average molecular weight is 357 g/mol. The molecule has 0 unspecified atom stereocenters. The van der Waals surface area contributed by atoms with Crippen molar-refractivity contribution in [1.82, 2.24) is 5.32 Å². The molecule has 8 heteroatoms. The lowest BCUT2D eigenvalue weighted by atomic mass is 9.71. The summed E-state index contributed by atoms with van der Waals surface area (Å²) in [6.45, 7) is 9.16. The Morgan fingerprint density at radius 2 is 1.68 bits per heavy atom. The van der Waals surface area contributed by atoms with Crippen molar-refractivity contribution in [3.05, 3.63) is 12.7 Å². The summed E-state index contributed by atoms with van der Waals surface area (Å²) in [5.74, 6) is -2.48. The molecule has 0 saturated carbocycles. The maximum Gasteiger partial charge on any atom is 0.328 e. The Labute approximate surface area is 147 Å². The smallest absolute Gasteiger partial charge is 0.328 e. The van der Waals surface area contributed by atoms with Crippen molar-refractivity contribution < 1.29 is 33.3 Å². The standard InChI is InChI=1S/C17H27NO7/c1-5-11-25-14(19)13-17(15(20)23-7-3,16(21)24-8-4)12(22-6-2)9-10-18-13/h5,12-13,18H,1,6-11H2,2-4H3/t12-,13+/m0/s1. The summed E-state index contributed by atoms with van der Waals surface area (Å²) in [5.41, 5.74) is -1.96. The van der Waals surface area contributed by atoms with Crippen molar-refractivity contribution in [2.45, 2.75) is 39.3 Å². The SMILES string of the molecule is C=CCOC(=O)[C@H]1NCC[C@H](OCC)C1(C(=O)OCC)C(=O)OCC. The molecule has 0 aromatic carbocycles. The molecule has 1 N–H and O–H groups in total. The van der Waals surface area contributed by atoms with Gasteiger partial charge in [-0.25, -0.2) is 0 Å². The zero-order valence-electron chi connectivity index (χ0n) is 15.0. The van der Waals surface area contributed by atoms with E-state index in [1.165, 1.54) is 6.08 Å². The number of piperidine rings is 1. The molecule has 1 aliphatic heterocycles. The van der Waals surface area contributed by atoms with E-state index in [4.69, 9.17) is 18.9 Å². The predicted octanol–water partition coefficient (Wildman–Crippen LogP) is 0.595. The van der Waals surface area contributed by atoms with Gasteiger partial charge in [0.2, 0.25) is 5.41 Å². The first-order valence-electron chi connectivity index (χ1n) is 8.47. The van der Waals surface area contributed by atoms with E-state index >= 15 is 0 Å². The fraction of sp³-hybridized carbons (Fsp3) is 0.706. The molecule has 0 aliphatic carbocycles. The van der Waals surface area contributed by atoms with Gasteiger partial charge in [-0.15, -0.1) is 0 Å². The Bertz CT molecular complexity index is 471. The number of hydrogen-bond donors (Lipinski definition) is 1. The van der Waals surface area contributed by atoms with E-state index in [0.717, 1.165) is 0 Å². The van der Waals surface area contributed by atoms with Crippen LogP contribution in [0.25, 0.3) is 0 Å². The molecule has 0 aromatic rings. The molecule has 1 aliphatic rings. The second-order valence-corrected chi connectivity index (χ2v) is 5.35. The lowest BCUT2D eigenvalue weighted by molar-refractivity contribution is -0.197. The van der Waals surface area contributed by atoms with Gasteiger partial charge in [-0.1, -0.05) is 12.7 Å². The van der Waals surface area contributed by atoms with Crippen LogP contribution in [0.15, 0.2) is 12.7 Å². The largest absolute Gasteiger partial charge is 0.465 e. The predicted molar refractivity (Wildman–Crippen MR) is 88.7 cm³/mol. The third kappa shape index (κ3) is 4.38. The second kappa shape index (κ2) is 10.1. The first-order valence-corrected chi connectivity index (χ1v) is 8.47. The van der Waals surface area contributed by atoms with E-state index in [1.807, 2.05) is 0 Å². The molecule has 1 saturated heterocycles. The second-order valence-electron chi connectivity index (χ2n) is 5.35. The van der Waals surface area contributed by atoms with Gasteiger partial charge in [-0.3, -0.25) is 14.4 Å². The lowest BCUT2D eigenvalue weighted by Crippen LogP contribution is -2.69. The van der Waals surface area contributed by atoms with Gasteiger partial charge in [-0.2, -0.15) is 0 Å². The van der Waals surface area contributed by atoms with Gasteiger partial charge in [0.25, 0.3) is 0 Å². The van der Waals surface area contributed by atoms with Crippen LogP contribution in [0.4, 0.5) is 0 Å². The third-order valence-electron chi connectivity index (χ3n) is 3.89. The van der Waals surface area contributed by atoms with Crippen LogP contribution in [0.3, 0.4) is 0 Å². The van der Waals surface area contributed by atoms with Crippen LogP contribution in [-0.4, -0.2) is 63.0 Å². The van der Waals surface area contributed by atoms with Gasteiger partial charge in [0, 0.05) is 6.61 Å². The van der Waals surface area contributed by atoms with Crippen LogP contribution in [0.2, 0.25) is 0 Å². The molecule has 0 bridgehead atoms. The fourth-order valence-corrected chi connectivity index (χ4v) is 2.93. The third-order valence-corrected chi connectivity index (χ3v) is 3.89. The Kier molecular flexibility index (Phi) is 8.57. The highest BCUT2D eigenvalue weighted by Crippen LogP contribution is 2.38. The Hall–Kier alpha value is -1.93. The molecule has 0 radical (unpaired) electrons. The molecule has 0 amide bonds. The molecular weight excluding hydrogens is 330 g/mol. The number of esters is 3. The molecule has 0 aromatic heterocycles. The van der Waals surface area contributed by atoms with Crippen molar-refractivity contribution in [1.29, 1.82) is 0 Å². The zero-order chi connectivity index (χ0) is 18.9. The van der Waals surface area contributed by atoms with Crippen molar-refractivity contribution >= 4 is 17.9 Å². The van der Waals surface area contributed by atoms with Crippen LogP contribution >= 0.6 is 0 Å². The van der Waals surface area contributed by atoms with Crippen molar-refractivity contribution in [3.8, 4) is 0 Å². The molecule has 0 spiro atoms. The minimum atomic E-state index is -1.96. The molecule has 1 heterocycles. The number of nitrogens with one attached hydrogen (secondary N) is 1. The lowest BCUT2D eigenvalue weighted by Gasteiger charge is -2.43. The van der Waals surface area contributed by atoms with E-state index in [2.05, 4.69) is 11.9 Å². The minimum Gasteiger partial charge on any atom is -0.465 e. The molecule has 1 fully saturated rings. The Morgan fingerprint density at radius 3 is 2.16 bits per heavy atom. The molecule has 25 heavy (non-hydrogen) atoms. The van der Waals surface area contributed by atoms with E-state index in [1.54, 1.807) is 20.8 Å². The maximum absolute atomic E-state index is 12.8. The van der Waals surface area contributed by atoms with Gasteiger partial charge in [0.15, 0.2) is 0 Å². The highest BCUT2D eigenvalue weighted by molar-refractivity contribution is 6.06. The monoisotopic (exact) mass is 357 g/mol. The van der Waals surface area contributed by atoms with Gasteiger partial charge < -0.3 is 24.3 Å². The van der Waals surface area contributed by atoms with E-state index in [-0.39, 0.29) is 26.4 Å². The average Bonchev–Trinajstić information content (AvgIpc) is 2.60. The van der Waals surface area contributed by atoms with Gasteiger partial charge >= 0.3 is 17.9 Å². The summed E-state index contributed by atoms with van der Waals surface area (Å²) in [7, 11) is 0. The van der Waals surface area contributed by atoms with Crippen LogP contribution < -0.4 is 5.32 Å². The molecular formula is C17H27NO7. The highest BCUT2D eigenvalue weighted by atomic mass is 16.6. The van der Waals surface area contributed by atoms with Gasteiger partial charge in [0.1, 0.15) is 12.6 Å². The normalized spacial score (nSPS) is 21.9. The van der Waals surface area contributed by atoms with Gasteiger partial charge in [0.05, 0.1) is 19.3 Å². The Morgan fingerprint density at radius 1 is 1.08 bits per heavy atom. The van der Waals surface area contributed by atoms with Crippen LogP contribution in [0.5, 0.6) is 0 Å². The summed E-state index contributed by atoms with van der Waals surface area (Å²) in [6, 6.07) is -1.27. The summed E-state index contributed by atoms with van der Waals surface area (Å²) < 4.78 is 21.0. The number of ether oxygens (including phenoxy) is 4. The number of hydrogen-bond acceptors (Lipinski definition) is 8. The number of rotatable bonds is 9. The maximum atomic E-state index is 12.8. The molecule has 8 nitrogen and oxygen atoms in total. The van der Waals surface area contributed by atoms with Crippen LogP contribution in [0, 0.1) is 5.41 Å². The summed E-state index contributed by atoms with van der Waals surface area (Å²) in [4.78, 5) is 38.2. The van der Waals surface area contributed by atoms with Crippen LogP contribution in [-0.2, 0) is 33.3 Å². The minimum absolute atomic E-state index is 0.0436.